The van der Waals surface area contributed by atoms with E-state index in [4.69, 9.17) is 4.74 Å². The number of rotatable bonds is 8. The van der Waals surface area contributed by atoms with Gasteiger partial charge in [0.2, 0.25) is 15.9 Å². The van der Waals surface area contributed by atoms with Crippen LogP contribution in [0.2, 0.25) is 0 Å². The number of carbonyl (C=O) groups excluding carboxylic acids is 2. The second-order valence-corrected chi connectivity index (χ2v) is 10.5. The highest BCUT2D eigenvalue weighted by Crippen LogP contribution is 2.16. The first kappa shape index (κ1) is 26.1. The lowest BCUT2D eigenvalue weighted by Crippen LogP contribution is -2.44. The van der Waals surface area contributed by atoms with Gasteiger partial charge < -0.3 is 15.0 Å². The first-order chi connectivity index (χ1) is 15.0. The number of nitrogens with zero attached hydrogens (tertiary/aromatic N) is 2. The van der Waals surface area contributed by atoms with Gasteiger partial charge in [-0.15, -0.1) is 0 Å². The molecule has 1 atom stereocenters. The van der Waals surface area contributed by atoms with Gasteiger partial charge in [0, 0.05) is 37.9 Å². The van der Waals surface area contributed by atoms with E-state index in [9.17, 15) is 18.0 Å². The van der Waals surface area contributed by atoms with Gasteiger partial charge in [-0.3, -0.25) is 9.69 Å². The Balaban J connectivity index is 1.91. The van der Waals surface area contributed by atoms with Crippen LogP contribution < -0.4 is 10.0 Å². The molecule has 10 heteroatoms. The van der Waals surface area contributed by atoms with E-state index in [1.807, 2.05) is 25.7 Å². The molecule has 2 amide bonds. The maximum atomic E-state index is 12.8. The molecule has 2 N–H and O–H groups in total. The van der Waals surface area contributed by atoms with E-state index < -0.39 is 16.1 Å². The second kappa shape index (κ2) is 11.6. The minimum Gasteiger partial charge on any atom is -0.449 e. The van der Waals surface area contributed by atoms with Crippen LogP contribution in [0.1, 0.15) is 41.0 Å². The number of hydrogen-bond acceptors (Lipinski definition) is 6. The second-order valence-electron chi connectivity index (χ2n) is 8.81. The topological polar surface area (TPSA) is 108 Å². The molecule has 1 fully saturated rings. The number of amides is 2. The summed E-state index contributed by atoms with van der Waals surface area (Å²) in [6.07, 6.45) is 0.448. The largest absolute Gasteiger partial charge is 0.449 e. The van der Waals surface area contributed by atoms with Gasteiger partial charge in [-0.05, 0) is 57.4 Å². The van der Waals surface area contributed by atoms with Crippen LogP contribution >= 0.6 is 0 Å². The molecule has 32 heavy (non-hydrogen) atoms. The van der Waals surface area contributed by atoms with Crippen molar-refractivity contribution in [3.8, 4) is 0 Å². The minimum absolute atomic E-state index is 0.147. The van der Waals surface area contributed by atoms with Crippen molar-refractivity contribution >= 4 is 27.7 Å². The van der Waals surface area contributed by atoms with E-state index >= 15 is 0 Å². The smallest absolute Gasteiger partial charge is 0.409 e. The Labute approximate surface area is 191 Å². The van der Waals surface area contributed by atoms with Gasteiger partial charge in [0.15, 0.2) is 0 Å². The van der Waals surface area contributed by atoms with Crippen LogP contribution in [0, 0.1) is 5.92 Å². The van der Waals surface area contributed by atoms with Crippen molar-refractivity contribution < 1.29 is 22.7 Å². The maximum Gasteiger partial charge on any atom is 0.409 e. The summed E-state index contributed by atoms with van der Waals surface area (Å²) in [4.78, 5) is 28.9. The molecule has 1 unspecified atom stereocenters. The maximum absolute atomic E-state index is 12.8. The highest BCUT2D eigenvalue weighted by molar-refractivity contribution is 7.89. The molecule has 9 nitrogen and oxygen atoms in total. The summed E-state index contributed by atoms with van der Waals surface area (Å²) in [7, 11) is -3.58. The minimum atomic E-state index is -3.58. The monoisotopic (exact) mass is 468 g/mol. The molecule has 1 saturated heterocycles. The van der Waals surface area contributed by atoms with Gasteiger partial charge in [-0.2, -0.15) is 0 Å². The Morgan fingerprint density at radius 2 is 1.66 bits per heavy atom. The normalized spacial score (nSPS) is 16.7. The Kier molecular flexibility index (Phi) is 9.47. The van der Waals surface area contributed by atoms with Crippen LogP contribution in [-0.2, 0) is 19.6 Å². The highest BCUT2D eigenvalue weighted by Gasteiger charge is 2.26. The standard InChI is InChI=1S/C22H36N4O5S/c1-16(2)15-31-22(28)26-12-6-11-25(13-14-26)18(5)21(27)23-19-7-9-20(10-8-19)32(29,30)24-17(3)4/h7-10,16-18,24H,6,11-15H2,1-5H3,(H,23,27). The molecule has 0 radical (unpaired) electrons. The molecule has 2 rings (SSSR count). The van der Waals surface area contributed by atoms with E-state index in [0.29, 0.717) is 38.5 Å². The van der Waals surface area contributed by atoms with Crippen molar-refractivity contribution in [2.45, 2.75) is 58.0 Å². The predicted molar refractivity (Wildman–Crippen MR) is 124 cm³/mol. The van der Waals surface area contributed by atoms with Crippen LogP contribution in [0.15, 0.2) is 29.2 Å². The third-order valence-electron chi connectivity index (χ3n) is 5.08. The molecule has 0 saturated carbocycles. The van der Waals surface area contributed by atoms with Gasteiger partial charge in [-0.25, -0.2) is 17.9 Å². The molecule has 0 aromatic heterocycles. The van der Waals surface area contributed by atoms with Gasteiger partial charge in [0.05, 0.1) is 17.5 Å². The fourth-order valence-corrected chi connectivity index (χ4v) is 4.60. The zero-order valence-electron chi connectivity index (χ0n) is 19.6. The van der Waals surface area contributed by atoms with Crippen LogP contribution in [0.4, 0.5) is 10.5 Å². The molecular weight excluding hydrogens is 432 g/mol. The van der Waals surface area contributed by atoms with Gasteiger partial charge in [0.25, 0.3) is 0 Å². The molecule has 0 spiro atoms. The molecule has 0 bridgehead atoms. The fraction of sp³-hybridized carbons (Fsp3) is 0.636. The number of anilines is 1. The number of sulfonamides is 1. The van der Waals surface area contributed by atoms with Crippen molar-refractivity contribution in [3.63, 3.8) is 0 Å². The summed E-state index contributed by atoms with van der Waals surface area (Å²) in [5.41, 5.74) is 0.527. The lowest BCUT2D eigenvalue weighted by atomic mass is 10.2. The average molecular weight is 469 g/mol. The Hall–Kier alpha value is -2.17. The summed E-state index contributed by atoms with van der Waals surface area (Å²) in [6, 6.07) is 5.49. The van der Waals surface area contributed by atoms with Gasteiger partial charge in [0.1, 0.15) is 0 Å². The highest BCUT2D eigenvalue weighted by atomic mass is 32.2. The van der Waals surface area contributed by atoms with Crippen molar-refractivity contribution in [1.82, 2.24) is 14.5 Å². The van der Waals surface area contributed by atoms with Crippen LogP contribution in [0.5, 0.6) is 0 Å². The molecule has 1 aliphatic heterocycles. The zero-order valence-corrected chi connectivity index (χ0v) is 20.4. The van der Waals surface area contributed by atoms with Crippen molar-refractivity contribution in [3.05, 3.63) is 24.3 Å². The SMILES string of the molecule is CC(C)COC(=O)N1CCCN(C(C)C(=O)Nc2ccc(S(=O)(=O)NC(C)C)cc2)CC1. The van der Waals surface area contributed by atoms with Crippen molar-refractivity contribution in [1.29, 1.82) is 0 Å². The molecule has 1 aliphatic rings. The summed E-state index contributed by atoms with van der Waals surface area (Å²) >= 11 is 0. The lowest BCUT2D eigenvalue weighted by molar-refractivity contribution is -0.120. The van der Waals surface area contributed by atoms with Crippen LogP contribution in [0.3, 0.4) is 0 Å². The quantitative estimate of drug-likeness (QED) is 0.607. The van der Waals surface area contributed by atoms with Crippen molar-refractivity contribution in [2.75, 3.05) is 38.1 Å². The Bertz CT molecular complexity index is 871. The van der Waals surface area contributed by atoms with E-state index in [1.54, 1.807) is 30.9 Å². The summed E-state index contributed by atoms with van der Waals surface area (Å²) < 4.78 is 32.3. The molecule has 0 aliphatic carbocycles. The fourth-order valence-electron chi connectivity index (χ4n) is 3.34. The summed E-state index contributed by atoms with van der Waals surface area (Å²) in [5.74, 6) is 0.100. The van der Waals surface area contributed by atoms with Crippen molar-refractivity contribution in [2.24, 2.45) is 5.92 Å². The lowest BCUT2D eigenvalue weighted by Gasteiger charge is -2.27. The number of benzene rings is 1. The molecule has 1 aromatic rings. The third kappa shape index (κ3) is 7.75. The third-order valence-corrected chi connectivity index (χ3v) is 6.75. The summed E-state index contributed by atoms with van der Waals surface area (Å²) in [5, 5.41) is 2.84. The number of ether oxygens (including phenoxy) is 1. The first-order valence-electron chi connectivity index (χ1n) is 11.1. The molecule has 1 aromatic carbocycles. The van der Waals surface area contributed by atoms with Gasteiger partial charge >= 0.3 is 6.09 Å². The van der Waals surface area contributed by atoms with E-state index in [-0.39, 0.29) is 28.9 Å². The zero-order chi connectivity index (χ0) is 23.9. The van der Waals surface area contributed by atoms with Gasteiger partial charge in [-0.1, -0.05) is 13.8 Å². The van der Waals surface area contributed by atoms with E-state index in [2.05, 4.69) is 10.0 Å². The number of carbonyl (C=O) groups is 2. The molecule has 1 heterocycles. The summed E-state index contributed by atoms with van der Waals surface area (Å²) in [6.45, 7) is 12.1. The Morgan fingerprint density at radius 1 is 1.00 bits per heavy atom. The Morgan fingerprint density at radius 3 is 2.25 bits per heavy atom. The average Bonchev–Trinajstić information content (AvgIpc) is 2.97. The number of hydrogen-bond donors (Lipinski definition) is 2. The molecule has 180 valence electrons. The van der Waals surface area contributed by atoms with E-state index in [1.165, 1.54) is 12.1 Å². The first-order valence-corrected chi connectivity index (χ1v) is 12.6. The number of nitrogens with one attached hydrogen (secondary N) is 2. The molecular formula is C22H36N4O5S. The predicted octanol–water partition coefficient (Wildman–Crippen LogP) is 2.50. The van der Waals surface area contributed by atoms with Crippen LogP contribution in [-0.4, -0.2) is 75.1 Å². The van der Waals surface area contributed by atoms with Crippen LogP contribution in [0.25, 0.3) is 0 Å². The van der Waals surface area contributed by atoms with E-state index in [0.717, 1.165) is 6.42 Å².